The molecule has 0 aromatic heterocycles. The summed E-state index contributed by atoms with van der Waals surface area (Å²) in [6.45, 7) is 0.724. The average Bonchev–Trinajstić information content (AvgIpc) is 3.71. The quantitative estimate of drug-likeness (QED) is 0.479. The van der Waals surface area contributed by atoms with E-state index in [0.29, 0.717) is 36.5 Å². The van der Waals surface area contributed by atoms with E-state index in [-0.39, 0.29) is 41.7 Å². The Morgan fingerprint density at radius 1 is 0.917 bits per heavy atom. The van der Waals surface area contributed by atoms with E-state index in [1.165, 1.54) is 0 Å². The van der Waals surface area contributed by atoms with Crippen molar-refractivity contribution in [3.63, 3.8) is 0 Å². The Balaban J connectivity index is 1.28. The zero-order valence-electron chi connectivity index (χ0n) is 20.0. The van der Waals surface area contributed by atoms with Gasteiger partial charge in [-0.1, -0.05) is 6.07 Å². The highest BCUT2D eigenvalue weighted by Gasteiger charge is 2.74. The molecule has 7 aliphatic rings. The van der Waals surface area contributed by atoms with E-state index < -0.39 is 17.1 Å². The molecule has 36 heavy (non-hydrogen) atoms. The van der Waals surface area contributed by atoms with Crippen molar-refractivity contribution in [1.82, 2.24) is 5.32 Å². The molecule has 4 fully saturated rings. The Morgan fingerprint density at radius 2 is 1.61 bits per heavy atom. The monoisotopic (exact) mass is 491 g/mol. The highest BCUT2D eigenvalue weighted by Crippen LogP contribution is 2.66. The summed E-state index contributed by atoms with van der Waals surface area (Å²) in [5, 5.41) is 3.63. The molecule has 2 aliphatic heterocycles. The SMILES string of the molecule is O=C(OC1=CC[C@@]2(OC(=O)C3CC3)[C@H]3Cc4ccc(OC(=O)C5CC5)c5c4[C@@]2(CCN3)[C@H]1O5)C1CC1. The van der Waals surface area contributed by atoms with Crippen molar-refractivity contribution < 1.29 is 33.3 Å². The van der Waals surface area contributed by atoms with Crippen LogP contribution in [0.5, 0.6) is 11.5 Å². The second kappa shape index (κ2) is 7.12. The summed E-state index contributed by atoms with van der Waals surface area (Å²) in [5.41, 5.74) is 0.487. The van der Waals surface area contributed by atoms with Gasteiger partial charge in [0.15, 0.2) is 17.6 Å². The molecule has 2 heterocycles. The normalized spacial score (nSPS) is 35.2. The summed E-state index contributed by atoms with van der Waals surface area (Å²) in [7, 11) is 0. The topological polar surface area (TPSA) is 100 Å². The van der Waals surface area contributed by atoms with Crippen LogP contribution < -0.4 is 14.8 Å². The third kappa shape index (κ3) is 2.82. The zero-order valence-corrected chi connectivity index (χ0v) is 20.0. The van der Waals surface area contributed by atoms with Gasteiger partial charge in [0.1, 0.15) is 11.4 Å². The van der Waals surface area contributed by atoms with Crippen LogP contribution >= 0.6 is 0 Å². The lowest BCUT2D eigenvalue weighted by Crippen LogP contribution is -2.75. The minimum absolute atomic E-state index is 0.0398. The lowest BCUT2D eigenvalue weighted by Gasteiger charge is -2.60. The smallest absolute Gasteiger partial charge is 0.314 e. The molecule has 1 N–H and O–H groups in total. The van der Waals surface area contributed by atoms with Gasteiger partial charge in [-0.05, 0) is 75.6 Å². The lowest BCUT2D eigenvalue weighted by molar-refractivity contribution is -0.193. The molecular formula is C28H29NO7. The van der Waals surface area contributed by atoms with E-state index in [2.05, 4.69) is 5.32 Å². The molecule has 188 valence electrons. The zero-order chi connectivity index (χ0) is 24.2. The van der Waals surface area contributed by atoms with Crippen LogP contribution in [0.1, 0.15) is 62.5 Å². The molecule has 5 aliphatic carbocycles. The third-order valence-electron chi connectivity index (χ3n) is 9.30. The van der Waals surface area contributed by atoms with Crippen molar-refractivity contribution in [1.29, 1.82) is 0 Å². The van der Waals surface area contributed by atoms with Crippen LogP contribution in [-0.4, -0.2) is 42.2 Å². The van der Waals surface area contributed by atoms with Gasteiger partial charge < -0.3 is 24.3 Å². The lowest BCUT2D eigenvalue weighted by atomic mass is 9.50. The minimum atomic E-state index is -0.859. The third-order valence-corrected chi connectivity index (χ3v) is 9.30. The van der Waals surface area contributed by atoms with Crippen LogP contribution in [0.25, 0.3) is 0 Å². The number of carbonyl (C=O) groups excluding carboxylic acids is 3. The van der Waals surface area contributed by atoms with E-state index in [1.807, 2.05) is 18.2 Å². The fourth-order valence-electron chi connectivity index (χ4n) is 6.98. The van der Waals surface area contributed by atoms with Crippen molar-refractivity contribution in [2.24, 2.45) is 17.8 Å². The molecule has 1 saturated heterocycles. The van der Waals surface area contributed by atoms with Crippen LogP contribution in [-0.2, 0) is 35.7 Å². The molecule has 1 aromatic rings. The predicted molar refractivity (Wildman–Crippen MR) is 124 cm³/mol. The van der Waals surface area contributed by atoms with Gasteiger partial charge in [-0.3, -0.25) is 14.4 Å². The molecule has 0 radical (unpaired) electrons. The van der Waals surface area contributed by atoms with Crippen molar-refractivity contribution in [3.8, 4) is 11.5 Å². The van der Waals surface area contributed by atoms with Gasteiger partial charge in [0, 0.05) is 12.0 Å². The van der Waals surface area contributed by atoms with E-state index in [9.17, 15) is 14.4 Å². The second-order valence-electron chi connectivity index (χ2n) is 11.6. The summed E-state index contributed by atoms with van der Waals surface area (Å²) >= 11 is 0. The maximum atomic E-state index is 13.2. The maximum Gasteiger partial charge on any atom is 0.314 e. The first-order valence-electron chi connectivity index (χ1n) is 13.4. The van der Waals surface area contributed by atoms with E-state index in [1.54, 1.807) is 0 Å². The van der Waals surface area contributed by atoms with Gasteiger partial charge >= 0.3 is 17.9 Å². The molecule has 8 rings (SSSR count). The molecule has 4 atom stereocenters. The van der Waals surface area contributed by atoms with E-state index >= 15 is 0 Å². The molecule has 3 saturated carbocycles. The first kappa shape index (κ1) is 21.2. The summed E-state index contributed by atoms with van der Waals surface area (Å²) in [4.78, 5) is 38.5. The molecular weight excluding hydrogens is 462 g/mol. The maximum absolute atomic E-state index is 13.2. The molecule has 8 nitrogen and oxygen atoms in total. The Labute approximate surface area is 208 Å². The number of ether oxygens (including phenoxy) is 4. The van der Waals surface area contributed by atoms with Gasteiger partial charge in [-0.25, -0.2) is 0 Å². The van der Waals surface area contributed by atoms with Crippen LogP contribution in [0.2, 0.25) is 0 Å². The van der Waals surface area contributed by atoms with Gasteiger partial charge in [0.2, 0.25) is 0 Å². The van der Waals surface area contributed by atoms with Gasteiger partial charge in [0.05, 0.1) is 29.2 Å². The van der Waals surface area contributed by atoms with Crippen molar-refractivity contribution in [2.75, 3.05) is 6.54 Å². The fraction of sp³-hybridized carbons (Fsp3) is 0.607. The first-order valence-corrected chi connectivity index (χ1v) is 13.4. The Bertz CT molecular complexity index is 1240. The number of carbonyl (C=O) groups is 3. The van der Waals surface area contributed by atoms with Crippen LogP contribution in [0.3, 0.4) is 0 Å². The van der Waals surface area contributed by atoms with Gasteiger partial charge in [0.25, 0.3) is 0 Å². The molecule has 1 aromatic carbocycles. The number of hydrogen-bond acceptors (Lipinski definition) is 8. The summed E-state index contributed by atoms with van der Waals surface area (Å²) in [5.74, 6) is 0.690. The second-order valence-corrected chi connectivity index (χ2v) is 11.6. The number of hydrogen-bond donors (Lipinski definition) is 1. The summed E-state index contributed by atoms with van der Waals surface area (Å²) in [6, 6.07) is 3.75. The first-order chi connectivity index (χ1) is 17.5. The largest absolute Gasteiger partial charge is 0.477 e. The van der Waals surface area contributed by atoms with Crippen molar-refractivity contribution >= 4 is 17.9 Å². The average molecular weight is 492 g/mol. The van der Waals surface area contributed by atoms with E-state index in [0.717, 1.165) is 56.2 Å². The highest BCUT2D eigenvalue weighted by molar-refractivity contribution is 5.80. The van der Waals surface area contributed by atoms with Crippen LogP contribution in [0.4, 0.5) is 0 Å². The summed E-state index contributed by atoms with van der Waals surface area (Å²) in [6.07, 6.45) is 8.19. The Kier molecular flexibility index (Phi) is 4.20. The highest BCUT2D eigenvalue weighted by atomic mass is 16.6. The minimum Gasteiger partial charge on any atom is -0.477 e. The number of benzene rings is 1. The number of esters is 3. The number of piperidine rings is 1. The summed E-state index contributed by atoms with van der Waals surface area (Å²) < 4.78 is 25.0. The molecule has 2 bridgehead atoms. The van der Waals surface area contributed by atoms with Crippen LogP contribution in [0, 0.1) is 17.8 Å². The molecule has 0 unspecified atom stereocenters. The van der Waals surface area contributed by atoms with Crippen LogP contribution in [0.15, 0.2) is 24.0 Å². The molecule has 8 heteroatoms. The Morgan fingerprint density at radius 3 is 2.33 bits per heavy atom. The van der Waals surface area contributed by atoms with Crippen molar-refractivity contribution in [3.05, 3.63) is 35.1 Å². The molecule has 0 amide bonds. The van der Waals surface area contributed by atoms with E-state index in [4.69, 9.17) is 18.9 Å². The molecule has 1 spiro atoms. The van der Waals surface area contributed by atoms with Gasteiger partial charge in [-0.2, -0.15) is 0 Å². The number of nitrogens with one attached hydrogen (secondary N) is 1. The predicted octanol–water partition coefficient (Wildman–Crippen LogP) is 2.85. The standard InChI is InChI=1S/C28H29NO7/c30-24(14-1-2-14)33-18-8-7-17-13-20-28(36-26(32)16-5-6-16)10-9-19(34-25(31)15-3-4-15)23-27(28,11-12-29-20)21(17)22(18)35-23/h7-9,14-16,20,23,29H,1-6,10-13H2/t20-,23+,27+,28-/m1/s1. The Hall–Kier alpha value is -2.87. The number of rotatable bonds is 6. The van der Waals surface area contributed by atoms with Gasteiger partial charge in [-0.15, -0.1) is 0 Å². The van der Waals surface area contributed by atoms with Crippen molar-refractivity contribution in [2.45, 2.75) is 80.9 Å². The fourth-order valence-corrected chi connectivity index (χ4v) is 6.98.